The van der Waals surface area contributed by atoms with Gasteiger partial charge in [0, 0.05) is 16.4 Å². The molecule has 0 aromatic heterocycles. The molecule has 3 N–H and O–H groups in total. The second kappa shape index (κ2) is 7.06. The molecule has 8 heteroatoms. The van der Waals surface area contributed by atoms with Crippen LogP contribution in [0.4, 0.5) is 0 Å². The third-order valence-corrected chi connectivity index (χ3v) is 12.2. The SMILES string of the molecule is C=C1C(=O)C(OC(=O)C2(C)CC3CC4(O)C(=O)C(O)=C(C)C4(C)C3C2)=C2CC3CC(C)(C(=O)O)CC3C12C. The summed E-state index contributed by atoms with van der Waals surface area (Å²) in [5.74, 6) is -2.95. The van der Waals surface area contributed by atoms with Crippen LogP contribution in [0.3, 0.4) is 0 Å². The minimum Gasteiger partial charge on any atom is -0.504 e. The fourth-order valence-electron chi connectivity index (χ4n) is 9.73. The fraction of sp³-hybridized carbons (Fsp3) is 0.667. The fourth-order valence-corrected chi connectivity index (χ4v) is 9.73. The van der Waals surface area contributed by atoms with Gasteiger partial charge in [-0.15, -0.1) is 0 Å². The molecule has 6 aliphatic carbocycles. The zero-order chi connectivity index (χ0) is 28.0. The Morgan fingerprint density at radius 3 is 2.18 bits per heavy atom. The summed E-state index contributed by atoms with van der Waals surface area (Å²) in [7, 11) is 0. The van der Waals surface area contributed by atoms with Gasteiger partial charge < -0.3 is 20.1 Å². The highest BCUT2D eigenvalue weighted by Gasteiger charge is 2.73. The van der Waals surface area contributed by atoms with Gasteiger partial charge in [-0.25, -0.2) is 0 Å². The summed E-state index contributed by atoms with van der Waals surface area (Å²) >= 11 is 0. The molecule has 6 aliphatic rings. The van der Waals surface area contributed by atoms with Crippen LogP contribution in [-0.2, 0) is 23.9 Å². The molecule has 204 valence electrons. The van der Waals surface area contributed by atoms with Crippen molar-refractivity contribution in [3.8, 4) is 0 Å². The average molecular weight is 525 g/mol. The van der Waals surface area contributed by atoms with E-state index < -0.39 is 45.0 Å². The Labute approximate surface area is 221 Å². The third-order valence-electron chi connectivity index (χ3n) is 12.2. The number of Topliss-reactive ketones (excluding diaryl/α,β-unsaturated/α-hetero) is 2. The van der Waals surface area contributed by atoms with Crippen molar-refractivity contribution in [2.75, 3.05) is 0 Å². The van der Waals surface area contributed by atoms with Gasteiger partial charge in [-0.2, -0.15) is 0 Å². The maximum absolute atomic E-state index is 13.7. The van der Waals surface area contributed by atoms with Crippen molar-refractivity contribution in [1.29, 1.82) is 0 Å². The number of aliphatic hydroxyl groups excluding tert-OH is 1. The quantitative estimate of drug-likeness (QED) is 0.372. The standard InChI is InChI=1S/C30H36O8/c1-13-20(31)22(17-7-15-8-26(3,24(34)35)11-18(15)28(13,17)5)38-25(36)27(4)9-16-10-30(37)23(33)21(32)14(2)29(30,6)19(16)12-27/h15-16,18-19,32,37H,1,7-12H2,2-6H3,(H,34,35). The zero-order valence-electron chi connectivity index (χ0n) is 22.6. The van der Waals surface area contributed by atoms with Crippen LogP contribution in [0.15, 0.2) is 34.8 Å². The topological polar surface area (TPSA) is 138 Å². The normalized spacial score (nSPS) is 49.1. The van der Waals surface area contributed by atoms with Gasteiger partial charge in [0.05, 0.1) is 10.8 Å². The average Bonchev–Trinajstić information content (AvgIpc) is 3.57. The van der Waals surface area contributed by atoms with E-state index in [9.17, 15) is 34.5 Å². The van der Waals surface area contributed by atoms with Crippen LogP contribution in [0.1, 0.15) is 73.1 Å². The number of aliphatic hydroxyl groups is 2. The summed E-state index contributed by atoms with van der Waals surface area (Å²) in [6.45, 7) is 13.1. The number of carbonyl (C=O) groups is 4. The maximum Gasteiger partial charge on any atom is 0.317 e. The van der Waals surface area contributed by atoms with Gasteiger partial charge in [0.15, 0.2) is 11.5 Å². The molecule has 4 fully saturated rings. The highest BCUT2D eigenvalue weighted by atomic mass is 16.5. The molecule has 9 atom stereocenters. The summed E-state index contributed by atoms with van der Waals surface area (Å²) < 4.78 is 5.95. The van der Waals surface area contributed by atoms with Gasteiger partial charge in [-0.05, 0) is 94.1 Å². The molecule has 0 spiro atoms. The van der Waals surface area contributed by atoms with Crippen molar-refractivity contribution in [2.45, 2.75) is 78.7 Å². The lowest BCUT2D eigenvalue weighted by atomic mass is 9.67. The van der Waals surface area contributed by atoms with Gasteiger partial charge in [0.2, 0.25) is 11.6 Å². The molecule has 6 rings (SSSR count). The van der Waals surface area contributed by atoms with E-state index in [0.29, 0.717) is 43.3 Å². The summed E-state index contributed by atoms with van der Waals surface area (Å²) in [5, 5.41) is 31.4. The van der Waals surface area contributed by atoms with Crippen LogP contribution in [-0.4, -0.2) is 44.4 Å². The van der Waals surface area contributed by atoms with Crippen molar-refractivity contribution in [1.82, 2.24) is 0 Å². The first-order chi connectivity index (χ1) is 17.5. The molecule has 0 aliphatic heterocycles. The van der Waals surface area contributed by atoms with Crippen molar-refractivity contribution < 1.29 is 39.2 Å². The zero-order valence-corrected chi connectivity index (χ0v) is 22.6. The van der Waals surface area contributed by atoms with Gasteiger partial charge in [0.1, 0.15) is 5.60 Å². The van der Waals surface area contributed by atoms with Crippen molar-refractivity contribution >= 4 is 23.5 Å². The van der Waals surface area contributed by atoms with E-state index in [1.165, 1.54) is 0 Å². The largest absolute Gasteiger partial charge is 0.504 e. The minimum absolute atomic E-state index is 0.0485. The minimum atomic E-state index is -1.67. The predicted octanol–water partition coefficient (Wildman–Crippen LogP) is 4.04. The summed E-state index contributed by atoms with van der Waals surface area (Å²) in [5.41, 5.74) is -3.53. The Kier molecular flexibility index (Phi) is 4.74. The van der Waals surface area contributed by atoms with Crippen LogP contribution in [0.25, 0.3) is 0 Å². The Balaban J connectivity index is 1.27. The number of esters is 1. The van der Waals surface area contributed by atoms with Gasteiger partial charge in [-0.3, -0.25) is 19.2 Å². The van der Waals surface area contributed by atoms with Crippen molar-refractivity contribution in [3.05, 3.63) is 34.8 Å². The van der Waals surface area contributed by atoms with E-state index in [0.717, 1.165) is 5.57 Å². The number of carboxylic acid groups (broad SMARTS) is 1. The number of fused-ring (bicyclic) bond motifs is 6. The van der Waals surface area contributed by atoms with E-state index in [1.807, 2.05) is 13.8 Å². The predicted molar refractivity (Wildman–Crippen MR) is 134 cm³/mol. The Morgan fingerprint density at radius 1 is 0.947 bits per heavy atom. The third kappa shape index (κ3) is 2.61. The first kappa shape index (κ1) is 25.5. The number of aliphatic carboxylic acids is 1. The van der Waals surface area contributed by atoms with E-state index in [4.69, 9.17) is 4.74 Å². The van der Waals surface area contributed by atoms with Crippen LogP contribution >= 0.6 is 0 Å². The van der Waals surface area contributed by atoms with Gasteiger partial charge >= 0.3 is 11.9 Å². The molecule has 0 radical (unpaired) electrons. The number of carbonyl (C=O) groups excluding carboxylic acids is 3. The molecule has 9 unspecified atom stereocenters. The number of ketones is 2. The van der Waals surface area contributed by atoms with Crippen molar-refractivity contribution in [2.24, 2.45) is 45.3 Å². The highest BCUT2D eigenvalue weighted by molar-refractivity contribution is 6.13. The second-order valence-electron chi connectivity index (χ2n) is 14.0. The second-order valence-corrected chi connectivity index (χ2v) is 14.0. The first-order valence-corrected chi connectivity index (χ1v) is 13.6. The Bertz CT molecular complexity index is 1340. The molecule has 0 aromatic carbocycles. The smallest absolute Gasteiger partial charge is 0.317 e. The molecular formula is C30H36O8. The van der Waals surface area contributed by atoms with E-state index in [2.05, 4.69) is 6.58 Å². The number of carboxylic acids is 1. The number of rotatable bonds is 3. The van der Waals surface area contributed by atoms with E-state index in [-0.39, 0.29) is 47.4 Å². The number of allylic oxidation sites excluding steroid dienone is 2. The molecule has 0 amide bonds. The lowest BCUT2D eigenvalue weighted by Gasteiger charge is -2.38. The number of ether oxygens (including phenoxy) is 1. The number of hydrogen-bond acceptors (Lipinski definition) is 7. The van der Waals surface area contributed by atoms with Gasteiger partial charge in [0.25, 0.3) is 0 Å². The summed E-state index contributed by atoms with van der Waals surface area (Å²) in [6.07, 6.45) is 2.41. The van der Waals surface area contributed by atoms with Crippen LogP contribution < -0.4 is 0 Å². The lowest BCUT2D eigenvalue weighted by Crippen LogP contribution is -2.48. The van der Waals surface area contributed by atoms with E-state index >= 15 is 0 Å². The Hall–Kier alpha value is -2.74. The summed E-state index contributed by atoms with van der Waals surface area (Å²) in [6, 6.07) is 0. The molecule has 0 heterocycles. The summed E-state index contributed by atoms with van der Waals surface area (Å²) in [4.78, 5) is 51.7. The highest BCUT2D eigenvalue weighted by Crippen LogP contribution is 2.70. The first-order valence-electron chi connectivity index (χ1n) is 13.6. The molecular weight excluding hydrogens is 488 g/mol. The molecule has 38 heavy (non-hydrogen) atoms. The van der Waals surface area contributed by atoms with Gasteiger partial charge in [-0.1, -0.05) is 20.4 Å². The van der Waals surface area contributed by atoms with Crippen LogP contribution in [0.2, 0.25) is 0 Å². The Morgan fingerprint density at radius 2 is 1.55 bits per heavy atom. The molecule has 0 bridgehead atoms. The molecule has 4 saturated carbocycles. The maximum atomic E-state index is 13.7. The van der Waals surface area contributed by atoms with Crippen LogP contribution in [0.5, 0.6) is 0 Å². The molecule has 8 nitrogen and oxygen atoms in total. The van der Waals surface area contributed by atoms with Crippen LogP contribution in [0, 0.1) is 45.3 Å². The molecule has 0 aromatic rings. The number of hydrogen-bond donors (Lipinski definition) is 3. The lowest BCUT2D eigenvalue weighted by molar-refractivity contribution is -0.153. The van der Waals surface area contributed by atoms with E-state index in [1.54, 1.807) is 20.8 Å². The molecule has 0 saturated heterocycles. The monoisotopic (exact) mass is 524 g/mol. The van der Waals surface area contributed by atoms with Crippen molar-refractivity contribution in [3.63, 3.8) is 0 Å².